The Morgan fingerprint density at radius 2 is 1.95 bits per heavy atom. The lowest BCUT2D eigenvalue weighted by Gasteiger charge is -2.14. The summed E-state index contributed by atoms with van der Waals surface area (Å²) >= 11 is 0. The second kappa shape index (κ2) is 7.09. The number of benzene rings is 2. The Balaban J connectivity index is 2.09. The molecule has 1 unspecified atom stereocenters. The molecule has 0 amide bonds. The first-order valence-electron chi connectivity index (χ1n) is 6.87. The minimum absolute atomic E-state index is 0.0340. The zero-order valence-electron chi connectivity index (χ0n) is 12.5. The van der Waals surface area contributed by atoms with Crippen LogP contribution in [-0.2, 0) is 6.61 Å². The van der Waals surface area contributed by atoms with Crippen LogP contribution in [0.25, 0.3) is 0 Å². The Morgan fingerprint density at radius 1 is 1.19 bits per heavy atom. The van der Waals surface area contributed by atoms with Crippen LogP contribution < -0.4 is 14.8 Å². The zero-order valence-corrected chi connectivity index (χ0v) is 12.5. The number of hydrogen-bond donors (Lipinski definition) is 1. The van der Waals surface area contributed by atoms with E-state index in [-0.39, 0.29) is 11.9 Å². The van der Waals surface area contributed by atoms with Gasteiger partial charge in [0.25, 0.3) is 0 Å². The maximum atomic E-state index is 14.0. The predicted octanol–water partition coefficient (Wildman–Crippen LogP) is 3.69. The Kier molecular flexibility index (Phi) is 5.17. The van der Waals surface area contributed by atoms with Gasteiger partial charge >= 0.3 is 0 Å². The maximum absolute atomic E-state index is 14.0. The van der Waals surface area contributed by atoms with Crippen molar-refractivity contribution in [1.29, 1.82) is 0 Å². The number of methoxy groups -OCH3 is 1. The van der Waals surface area contributed by atoms with E-state index in [1.54, 1.807) is 26.3 Å². The van der Waals surface area contributed by atoms with E-state index in [0.29, 0.717) is 17.9 Å². The minimum atomic E-state index is -0.269. The highest BCUT2D eigenvalue weighted by Gasteiger charge is 2.10. The Labute approximate surface area is 124 Å². The van der Waals surface area contributed by atoms with Gasteiger partial charge in [-0.1, -0.05) is 24.3 Å². The highest BCUT2D eigenvalue weighted by Crippen LogP contribution is 2.24. The van der Waals surface area contributed by atoms with Crippen molar-refractivity contribution in [2.24, 2.45) is 0 Å². The molecule has 21 heavy (non-hydrogen) atoms. The largest absolute Gasteiger partial charge is 0.496 e. The van der Waals surface area contributed by atoms with E-state index in [9.17, 15) is 4.39 Å². The molecule has 0 fully saturated rings. The van der Waals surface area contributed by atoms with Crippen LogP contribution in [0.2, 0.25) is 0 Å². The van der Waals surface area contributed by atoms with E-state index >= 15 is 0 Å². The first kappa shape index (κ1) is 15.3. The van der Waals surface area contributed by atoms with Gasteiger partial charge in [-0.3, -0.25) is 0 Å². The summed E-state index contributed by atoms with van der Waals surface area (Å²) in [5.74, 6) is 0.998. The van der Waals surface area contributed by atoms with E-state index in [0.717, 1.165) is 11.3 Å². The molecule has 2 aromatic carbocycles. The van der Waals surface area contributed by atoms with E-state index in [1.807, 2.05) is 31.2 Å². The lowest BCUT2D eigenvalue weighted by Crippen LogP contribution is -2.13. The van der Waals surface area contributed by atoms with Crippen molar-refractivity contribution >= 4 is 0 Å². The number of rotatable bonds is 6. The molecule has 0 radical (unpaired) electrons. The molecule has 3 nitrogen and oxygen atoms in total. The quantitative estimate of drug-likeness (QED) is 0.879. The molecule has 1 N–H and O–H groups in total. The monoisotopic (exact) mass is 289 g/mol. The van der Waals surface area contributed by atoms with Crippen molar-refractivity contribution in [3.05, 3.63) is 59.4 Å². The van der Waals surface area contributed by atoms with Crippen LogP contribution in [0.3, 0.4) is 0 Å². The van der Waals surface area contributed by atoms with Crippen molar-refractivity contribution < 1.29 is 13.9 Å². The molecular weight excluding hydrogens is 269 g/mol. The predicted molar refractivity (Wildman–Crippen MR) is 81.2 cm³/mol. The van der Waals surface area contributed by atoms with Crippen LogP contribution >= 0.6 is 0 Å². The zero-order chi connectivity index (χ0) is 15.2. The van der Waals surface area contributed by atoms with Gasteiger partial charge in [0.1, 0.15) is 23.9 Å². The summed E-state index contributed by atoms with van der Waals surface area (Å²) < 4.78 is 24.9. The fraction of sp³-hybridized carbons (Fsp3) is 0.294. The second-order valence-corrected chi connectivity index (χ2v) is 4.79. The van der Waals surface area contributed by atoms with Gasteiger partial charge in [-0.15, -0.1) is 0 Å². The summed E-state index contributed by atoms with van der Waals surface area (Å²) in [4.78, 5) is 0. The topological polar surface area (TPSA) is 30.5 Å². The molecule has 0 saturated carbocycles. The second-order valence-electron chi connectivity index (χ2n) is 4.79. The van der Waals surface area contributed by atoms with Crippen LogP contribution in [0.1, 0.15) is 24.1 Å². The molecule has 112 valence electrons. The molecule has 0 aromatic heterocycles. The van der Waals surface area contributed by atoms with Gasteiger partial charge in [-0.25, -0.2) is 4.39 Å². The Bertz CT molecular complexity index is 601. The van der Waals surface area contributed by atoms with Crippen LogP contribution in [0.5, 0.6) is 11.5 Å². The molecular formula is C17H20FNO2. The highest BCUT2D eigenvalue weighted by molar-refractivity contribution is 5.34. The molecule has 0 aliphatic rings. The van der Waals surface area contributed by atoms with Crippen molar-refractivity contribution in [2.75, 3.05) is 14.2 Å². The molecule has 2 aromatic rings. The highest BCUT2D eigenvalue weighted by atomic mass is 19.1. The normalized spacial score (nSPS) is 12.0. The van der Waals surface area contributed by atoms with Crippen LogP contribution in [0, 0.1) is 5.82 Å². The van der Waals surface area contributed by atoms with Crippen LogP contribution in [0.4, 0.5) is 4.39 Å². The van der Waals surface area contributed by atoms with Crippen LogP contribution in [-0.4, -0.2) is 14.2 Å². The van der Waals surface area contributed by atoms with Crippen LogP contribution in [0.15, 0.2) is 42.5 Å². The van der Waals surface area contributed by atoms with Crippen molar-refractivity contribution in [2.45, 2.75) is 19.6 Å². The van der Waals surface area contributed by atoms with Crippen molar-refractivity contribution in [3.8, 4) is 11.5 Å². The SMILES string of the molecule is CNC(C)c1ccc(OCc2ccccc2OC)cc1F. The van der Waals surface area contributed by atoms with Crippen molar-refractivity contribution in [3.63, 3.8) is 0 Å². The standard InChI is InChI=1S/C17H20FNO2/c1-12(19-2)15-9-8-14(10-16(15)18)21-11-13-6-4-5-7-17(13)20-3/h4-10,12,19H,11H2,1-3H3. The molecule has 0 aliphatic heterocycles. The number of hydrogen-bond acceptors (Lipinski definition) is 3. The Morgan fingerprint density at radius 3 is 2.62 bits per heavy atom. The summed E-state index contributed by atoms with van der Waals surface area (Å²) in [6, 6.07) is 12.5. The molecule has 0 saturated heterocycles. The number of para-hydroxylation sites is 1. The fourth-order valence-electron chi connectivity index (χ4n) is 2.09. The molecule has 2 rings (SSSR count). The first-order valence-corrected chi connectivity index (χ1v) is 6.87. The number of nitrogens with one attached hydrogen (secondary N) is 1. The maximum Gasteiger partial charge on any atom is 0.131 e. The van der Waals surface area contributed by atoms with Gasteiger partial charge in [-0.2, -0.15) is 0 Å². The van der Waals surface area contributed by atoms with E-state index in [2.05, 4.69) is 5.32 Å². The van der Waals surface area contributed by atoms with Gasteiger partial charge in [0, 0.05) is 23.2 Å². The molecule has 1 atom stereocenters. The van der Waals surface area contributed by atoms with Gasteiger partial charge in [0.05, 0.1) is 7.11 Å². The summed E-state index contributed by atoms with van der Waals surface area (Å²) in [6.45, 7) is 2.25. The van der Waals surface area contributed by atoms with Crippen molar-refractivity contribution in [1.82, 2.24) is 5.32 Å². The number of halogens is 1. The molecule has 0 aliphatic carbocycles. The third kappa shape index (κ3) is 3.73. The summed E-state index contributed by atoms with van der Waals surface area (Å²) in [5.41, 5.74) is 1.55. The smallest absolute Gasteiger partial charge is 0.131 e. The average Bonchev–Trinajstić information content (AvgIpc) is 2.52. The van der Waals surface area contributed by atoms with E-state index in [4.69, 9.17) is 9.47 Å². The molecule has 0 spiro atoms. The molecule has 0 heterocycles. The lowest BCUT2D eigenvalue weighted by atomic mass is 10.1. The van der Waals surface area contributed by atoms with E-state index in [1.165, 1.54) is 6.07 Å². The van der Waals surface area contributed by atoms with E-state index < -0.39 is 0 Å². The lowest BCUT2D eigenvalue weighted by molar-refractivity contribution is 0.295. The van der Waals surface area contributed by atoms with Gasteiger partial charge in [0.2, 0.25) is 0 Å². The third-order valence-electron chi connectivity index (χ3n) is 3.46. The fourth-order valence-corrected chi connectivity index (χ4v) is 2.09. The summed E-state index contributed by atoms with van der Waals surface area (Å²) in [5, 5.41) is 3.02. The van der Waals surface area contributed by atoms with Gasteiger partial charge in [0.15, 0.2) is 0 Å². The minimum Gasteiger partial charge on any atom is -0.496 e. The third-order valence-corrected chi connectivity index (χ3v) is 3.46. The first-order chi connectivity index (χ1) is 10.2. The van der Waals surface area contributed by atoms with Gasteiger partial charge < -0.3 is 14.8 Å². The molecule has 4 heteroatoms. The average molecular weight is 289 g/mol. The number of ether oxygens (including phenoxy) is 2. The summed E-state index contributed by atoms with van der Waals surface area (Å²) in [6.07, 6.45) is 0. The van der Waals surface area contributed by atoms with Gasteiger partial charge in [-0.05, 0) is 26.1 Å². The molecule has 0 bridgehead atoms. The Hall–Kier alpha value is -2.07. The summed E-state index contributed by atoms with van der Waals surface area (Å²) in [7, 11) is 3.42.